The van der Waals surface area contributed by atoms with Crippen molar-refractivity contribution in [2.75, 3.05) is 12.4 Å². The quantitative estimate of drug-likeness (QED) is 0.368. The van der Waals surface area contributed by atoms with Gasteiger partial charge in [-0.25, -0.2) is 4.79 Å². The minimum Gasteiger partial charge on any atom is -0.467 e. The molecule has 0 spiro atoms. The van der Waals surface area contributed by atoms with E-state index >= 15 is 0 Å². The highest BCUT2D eigenvalue weighted by atomic mass is 35.5. The molecule has 4 rings (SSSR count). The molecule has 2 atom stereocenters. The van der Waals surface area contributed by atoms with E-state index in [0.29, 0.717) is 23.8 Å². The zero-order valence-electron chi connectivity index (χ0n) is 22.9. The number of carbonyl (C=O) groups excluding carboxylic acids is 1. The molecular weight excluding hydrogens is 470 g/mol. The molecule has 1 aromatic carbocycles. The van der Waals surface area contributed by atoms with Gasteiger partial charge in [0.15, 0.2) is 5.54 Å². The molecule has 0 bridgehead atoms. The van der Waals surface area contributed by atoms with E-state index in [1.807, 2.05) is 18.5 Å². The lowest BCUT2D eigenvalue weighted by Crippen LogP contribution is -2.59. The molecule has 1 heterocycles. The summed E-state index contributed by atoms with van der Waals surface area (Å²) in [4.78, 5) is 21.0. The third kappa shape index (κ3) is 5.71. The lowest BCUT2D eigenvalue weighted by molar-refractivity contribution is -0.151. The fraction of sp³-hybridized carbons (Fsp3) is 0.733. The first-order chi connectivity index (χ1) is 17.2. The van der Waals surface area contributed by atoms with Crippen LogP contribution in [0.5, 0.6) is 0 Å². The molecule has 0 radical (unpaired) electrons. The number of benzene rings is 1. The number of nitrogens with zero attached hydrogens (tertiary/aromatic N) is 2. The molecule has 2 unspecified atom stereocenters. The first-order valence-electron chi connectivity index (χ1n) is 14.1. The lowest BCUT2D eigenvalue weighted by Gasteiger charge is -2.48. The minimum atomic E-state index is -0.783. The van der Waals surface area contributed by atoms with Crippen LogP contribution in [0, 0.1) is 17.8 Å². The summed E-state index contributed by atoms with van der Waals surface area (Å²) in [5.74, 6) is 1.22. The number of aliphatic imine (C=N–C) groups is 1. The Morgan fingerprint density at radius 1 is 1.11 bits per heavy atom. The van der Waals surface area contributed by atoms with Gasteiger partial charge in [-0.2, -0.15) is 0 Å². The number of rotatable bonds is 8. The Morgan fingerprint density at radius 2 is 1.75 bits per heavy atom. The second-order valence-corrected chi connectivity index (χ2v) is 12.8. The number of nitrogens with one attached hydrogen (secondary N) is 1. The highest BCUT2D eigenvalue weighted by Crippen LogP contribution is 2.47. The largest absolute Gasteiger partial charge is 0.467 e. The highest BCUT2D eigenvalue weighted by Gasteiger charge is 2.57. The SMILES string of the molecule is COC(=O)C1(CC(C)C)N=CN(C2CCCCC2)C1C1CCC(C(C)(C)Nc2ccc(Cl)cc2)CC1. The van der Waals surface area contributed by atoms with Gasteiger partial charge in [0, 0.05) is 22.3 Å². The third-order valence-corrected chi connectivity index (χ3v) is 9.29. The van der Waals surface area contributed by atoms with Crippen LogP contribution in [0.4, 0.5) is 5.69 Å². The molecule has 0 amide bonds. The van der Waals surface area contributed by atoms with E-state index in [9.17, 15) is 4.79 Å². The number of hydrogen-bond donors (Lipinski definition) is 1. The minimum absolute atomic E-state index is 0.0224. The Hall–Kier alpha value is -1.75. The summed E-state index contributed by atoms with van der Waals surface area (Å²) < 4.78 is 5.45. The fourth-order valence-corrected chi connectivity index (χ4v) is 7.42. The monoisotopic (exact) mass is 515 g/mol. The van der Waals surface area contributed by atoms with Gasteiger partial charge in [-0.3, -0.25) is 4.99 Å². The molecule has 6 heteroatoms. The average molecular weight is 516 g/mol. The van der Waals surface area contributed by atoms with E-state index in [4.69, 9.17) is 21.3 Å². The summed E-state index contributed by atoms with van der Waals surface area (Å²) in [6.45, 7) is 9.03. The van der Waals surface area contributed by atoms with Crippen LogP contribution in [-0.2, 0) is 9.53 Å². The summed E-state index contributed by atoms with van der Waals surface area (Å²) in [5, 5.41) is 4.52. The van der Waals surface area contributed by atoms with Gasteiger partial charge in [-0.15, -0.1) is 0 Å². The van der Waals surface area contributed by atoms with Gasteiger partial charge in [0.25, 0.3) is 0 Å². The molecule has 2 saturated carbocycles. The fourth-order valence-electron chi connectivity index (χ4n) is 7.29. The molecule has 3 aliphatic rings. The maximum Gasteiger partial charge on any atom is 0.335 e. The van der Waals surface area contributed by atoms with E-state index in [1.165, 1.54) is 39.2 Å². The zero-order valence-corrected chi connectivity index (χ0v) is 23.7. The second-order valence-electron chi connectivity index (χ2n) is 12.4. The van der Waals surface area contributed by atoms with E-state index in [-0.39, 0.29) is 17.6 Å². The summed E-state index contributed by atoms with van der Waals surface area (Å²) >= 11 is 6.09. The normalized spacial score (nSPS) is 29.5. The smallest absolute Gasteiger partial charge is 0.335 e. The van der Waals surface area contributed by atoms with E-state index in [1.54, 1.807) is 0 Å². The summed E-state index contributed by atoms with van der Waals surface area (Å²) in [6.07, 6.45) is 13.6. The third-order valence-electron chi connectivity index (χ3n) is 9.04. The van der Waals surface area contributed by atoms with Crippen LogP contribution >= 0.6 is 11.6 Å². The Balaban J connectivity index is 1.53. The van der Waals surface area contributed by atoms with Crippen LogP contribution in [-0.4, -0.2) is 47.5 Å². The van der Waals surface area contributed by atoms with Crippen molar-refractivity contribution in [1.29, 1.82) is 0 Å². The van der Waals surface area contributed by atoms with Crippen LogP contribution in [0.25, 0.3) is 0 Å². The summed E-state index contributed by atoms with van der Waals surface area (Å²) in [5.41, 5.74) is 0.307. The van der Waals surface area contributed by atoms with Crippen molar-refractivity contribution in [2.24, 2.45) is 22.7 Å². The molecular formula is C30H46ClN3O2. The topological polar surface area (TPSA) is 53.9 Å². The van der Waals surface area contributed by atoms with E-state index in [2.05, 4.69) is 50.0 Å². The highest BCUT2D eigenvalue weighted by molar-refractivity contribution is 6.30. The molecule has 1 aromatic rings. The zero-order chi connectivity index (χ0) is 25.9. The van der Waals surface area contributed by atoms with Crippen molar-refractivity contribution >= 4 is 29.6 Å². The van der Waals surface area contributed by atoms with Gasteiger partial charge < -0.3 is 15.0 Å². The maximum absolute atomic E-state index is 13.4. The van der Waals surface area contributed by atoms with Crippen LogP contribution in [0.1, 0.15) is 91.9 Å². The number of esters is 1. The van der Waals surface area contributed by atoms with Crippen molar-refractivity contribution in [3.05, 3.63) is 29.3 Å². The first kappa shape index (κ1) is 27.3. The van der Waals surface area contributed by atoms with Crippen molar-refractivity contribution in [1.82, 2.24) is 4.90 Å². The predicted octanol–water partition coefficient (Wildman–Crippen LogP) is 7.34. The van der Waals surface area contributed by atoms with Gasteiger partial charge in [0.2, 0.25) is 0 Å². The number of carbonyl (C=O) groups is 1. The Kier molecular flexibility index (Phi) is 8.59. The maximum atomic E-state index is 13.4. The predicted molar refractivity (Wildman–Crippen MR) is 150 cm³/mol. The number of methoxy groups -OCH3 is 1. The second kappa shape index (κ2) is 11.3. The summed E-state index contributed by atoms with van der Waals surface area (Å²) in [6, 6.07) is 8.60. The van der Waals surface area contributed by atoms with E-state index in [0.717, 1.165) is 42.8 Å². The molecule has 1 N–H and O–H groups in total. The van der Waals surface area contributed by atoms with Crippen LogP contribution in [0.2, 0.25) is 5.02 Å². The molecule has 2 aliphatic carbocycles. The van der Waals surface area contributed by atoms with Gasteiger partial charge >= 0.3 is 5.97 Å². The van der Waals surface area contributed by atoms with Crippen molar-refractivity contribution in [3.63, 3.8) is 0 Å². The first-order valence-corrected chi connectivity index (χ1v) is 14.5. The molecule has 0 aromatic heterocycles. The van der Waals surface area contributed by atoms with Crippen molar-refractivity contribution in [2.45, 2.75) is 115 Å². The van der Waals surface area contributed by atoms with Gasteiger partial charge in [-0.1, -0.05) is 44.7 Å². The average Bonchev–Trinajstić information content (AvgIpc) is 3.25. The molecule has 200 valence electrons. The molecule has 2 fully saturated rings. The van der Waals surface area contributed by atoms with Crippen molar-refractivity contribution < 1.29 is 9.53 Å². The molecule has 1 aliphatic heterocycles. The summed E-state index contributed by atoms with van der Waals surface area (Å²) in [7, 11) is 1.53. The number of halogens is 1. The molecule has 0 saturated heterocycles. The van der Waals surface area contributed by atoms with Crippen molar-refractivity contribution in [3.8, 4) is 0 Å². The van der Waals surface area contributed by atoms with Crippen LogP contribution < -0.4 is 5.32 Å². The number of anilines is 1. The Labute approximate surface area is 223 Å². The number of hydrogen-bond acceptors (Lipinski definition) is 5. The van der Waals surface area contributed by atoms with Crippen LogP contribution in [0.3, 0.4) is 0 Å². The lowest BCUT2D eigenvalue weighted by atomic mass is 9.66. The van der Waals surface area contributed by atoms with Crippen LogP contribution in [0.15, 0.2) is 29.3 Å². The van der Waals surface area contributed by atoms with Gasteiger partial charge in [0.05, 0.1) is 19.5 Å². The van der Waals surface area contributed by atoms with Gasteiger partial charge in [-0.05, 0) is 101 Å². The molecule has 36 heavy (non-hydrogen) atoms. The van der Waals surface area contributed by atoms with E-state index < -0.39 is 5.54 Å². The number of ether oxygens (including phenoxy) is 1. The Morgan fingerprint density at radius 3 is 2.33 bits per heavy atom. The standard InChI is InChI=1S/C30H46ClN3O2/c1-21(2)19-30(28(35)36-5)27(34(20-32-30)26-9-7-6-8-10-26)22-11-13-23(14-12-22)29(3,4)33-25-17-15-24(31)16-18-25/h15-18,20-23,26-27,33H,6-14,19H2,1-5H3. The molecule has 5 nitrogen and oxygen atoms in total. The Bertz CT molecular complexity index is 901. The van der Waals surface area contributed by atoms with Gasteiger partial charge in [0.1, 0.15) is 0 Å².